The number of likely N-dealkylation sites (N-methyl/N-ethyl adjacent to an activating group) is 1. The summed E-state index contributed by atoms with van der Waals surface area (Å²) in [7, 11) is 0. The molecule has 1 unspecified atom stereocenters. The van der Waals surface area contributed by atoms with Gasteiger partial charge >= 0.3 is 0 Å². The van der Waals surface area contributed by atoms with E-state index in [0.29, 0.717) is 0 Å². The zero-order chi connectivity index (χ0) is 12.8. The van der Waals surface area contributed by atoms with Gasteiger partial charge in [-0.2, -0.15) is 0 Å². The fourth-order valence-corrected chi connectivity index (χ4v) is 2.27. The molecule has 1 fully saturated rings. The Labute approximate surface area is 118 Å². The van der Waals surface area contributed by atoms with E-state index in [1.807, 2.05) is 0 Å². The van der Waals surface area contributed by atoms with Crippen LogP contribution in [0, 0.1) is 5.92 Å². The van der Waals surface area contributed by atoms with Crippen LogP contribution in [0.2, 0.25) is 0 Å². The van der Waals surface area contributed by atoms with Gasteiger partial charge in [0.05, 0.1) is 6.10 Å². The lowest BCUT2D eigenvalue weighted by Crippen LogP contribution is -2.23. The quantitative estimate of drug-likeness (QED) is 0.785. The molecule has 1 aliphatic rings. The lowest BCUT2D eigenvalue weighted by atomic mass is 10.1. The summed E-state index contributed by atoms with van der Waals surface area (Å²) in [4.78, 5) is 0. The first-order valence-corrected chi connectivity index (χ1v) is 7.66. The SMILES string of the molecule is CCNCC(OCCC1CC1)c1ccc(Br)cc1. The molecule has 0 heterocycles. The molecule has 1 N–H and O–H groups in total. The van der Waals surface area contributed by atoms with E-state index in [1.54, 1.807) is 0 Å². The average Bonchev–Trinajstić information content (AvgIpc) is 3.19. The van der Waals surface area contributed by atoms with E-state index in [2.05, 4.69) is 52.4 Å². The van der Waals surface area contributed by atoms with Crippen LogP contribution in [0.5, 0.6) is 0 Å². The molecule has 0 aliphatic heterocycles. The average molecular weight is 312 g/mol. The highest BCUT2D eigenvalue weighted by atomic mass is 79.9. The maximum atomic E-state index is 6.04. The first-order valence-electron chi connectivity index (χ1n) is 6.87. The van der Waals surface area contributed by atoms with Crippen molar-refractivity contribution < 1.29 is 4.74 Å². The van der Waals surface area contributed by atoms with Crippen molar-refractivity contribution in [2.45, 2.75) is 32.3 Å². The van der Waals surface area contributed by atoms with Gasteiger partial charge in [0.2, 0.25) is 0 Å². The summed E-state index contributed by atoms with van der Waals surface area (Å²) >= 11 is 3.47. The molecule has 3 heteroatoms. The summed E-state index contributed by atoms with van der Waals surface area (Å²) < 4.78 is 7.16. The summed E-state index contributed by atoms with van der Waals surface area (Å²) in [6, 6.07) is 8.45. The third kappa shape index (κ3) is 4.71. The molecule has 1 atom stereocenters. The lowest BCUT2D eigenvalue weighted by molar-refractivity contribution is 0.0489. The summed E-state index contributed by atoms with van der Waals surface area (Å²) in [5, 5.41) is 3.38. The number of hydrogen-bond acceptors (Lipinski definition) is 2. The second-order valence-corrected chi connectivity index (χ2v) is 5.87. The van der Waals surface area contributed by atoms with Gasteiger partial charge in [-0.15, -0.1) is 0 Å². The van der Waals surface area contributed by atoms with Crippen LogP contribution in [-0.2, 0) is 4.74 Å². The van der Waals surface area contributed by atoms with E-state index in [1.165, 1.54) is 24.8 Å². The van der Waals surface area contributed by atoms with Gasteiger partial charge in [-0.05, 0) is 36.6 Å². The van der Waals surface area contributed by atoms with Gasteiger partial charge in [-0.25, -0.2) is 0 Å². The highest BCUT2D eigenvalue weighted by molar-refractivity contribution is 9.10. The molecule has 0 saturated heterocycles. The lowest BCUT2D eigenvalue weighted by Gasteiger charge is -2.19. The number of rotatable bonds is 8. The third-order valence-electron chi connectivity index (χ3n) is 3.36. The number of ether oxygens (including phenoxy) is 1. The van der Waals surface area contributed by atoms with E-state index in [0.717, 1.165) is 30.1 Å². The van der Waals surface area contributed by atoms with E-state index in [-0.39, 0.29) is 6.10 Å². The smallest absolute Gasteiger partial charge is 0.0949 e. The Morgan fingerprint density at radius 3 is 2.67 bits per heavy atom. The minimum Gasteiger partial charge on any atom is -0.372 e. The third-order valence-corrected chi connectivity index (χ3v) is 3.89. The fraction of sp³-hybridized carbons (Fsp3) is 0.600. The van der Waals surface area contributed by atoms with E-state index in [9.17, 15) is 0 Å². The molecule has 1 saturated carbocycles. The Morgan fingerprint density at radius 1 is 1.33 bits per heavy atom. The first-order chi connectivity index (χ1) is 8.79. The molecule has 1 aromatic rings. The minimum absolute atomic E-state index is 0.178. The Balaban J connectivity index is 1.87. The van der Waals surface area contributed by atoms with Crippen molar-refractivity contribution in [1.82, 2.24) is 5.32 Å². The molecule has 0 bridgehead atoms. The predicted molar refractivity (Wildman–Crippen MR) is 78.7 cm³/mol. The van der Waals surface area contributed by atoms with Crippen molar-refractivity contribution in [3.05, 3.63) is 34.3 Å². The van der Waals surface area contributed by atoms with Crippen LogP contribution in [0.25, 0.3) is 0 Å². The molecule has 0 aromatic heterocycles. The van der Waals surface area contributed by atoms with E-state index < -0.39 is 0 Å². The van der Waals surface area contributed by atoms with Crippen molar-refractivity contribution in [2.24, 2.45) is 5.92 Å². The van der Waals surface area contributed by atoms with Crippen LogP contribution in [0.1, 0.15) is 37.9 Å². The Morgan fingerprint density at radius 2 is 2.06 bits per heavy atom. The molecule has 1 aliphatic carbocycles. The highest BCUT2D eigenvalue weighted by Gasteiger charge is 2.21. The van der Waals surface area contributed by atoms with Crippen LogP contribution in [0.4, 0.5) is 0 Å². The maximum absolute atomic E-state index is 6.04. The van der Waals surface area contributed by atoms with Gasteiger partial charge in [-0.3, -0.25) is 0 Å². The molecule has 0 radical (unpaired) electrons. The summed E-state index contributed by atoms with van der Waals surface area (Å²) in [5.74, 6) is 0.940. The van der Waals surface area contributed by atoms with Crippen LogP contribution in [0.3, 0.4) is 0 Å². The van der Waals surface area contributed by atoms with Gasteiger partial charge in [0.1, 0.15) is 0 Å². The largest absolute Gasteiger partial charge is 0.372 e. The second-order valence-electron chi connectivity index (χ2n) is 4.95. The highest BCUT2D eigenvalue weighted by Crippen LogP contribution is 2.32. The molecule has 2 nitrogen and oxygen atoms in total. The van der Waals surface area contributed by atoms with Crippen LogP contribution < -0.4 is 5.32 Å². The maximum Gasteiger partial charge on any atom is 0.0949 e. The van der Waals surface area contributed by atoms with Gasteiger partial charge in [0, 0.05) is 17.6 Å². The first kappa shape index (κ1) is 14.0. The number of halogens is 1. The summed E-state index contributed by atoms with van der Waals surface area (Å²) in [6.45, 7) is 4.89. The van der Waals surface area contributed by atoms with Crippen molar-refractivity contribution in [3.63, 3.8) is 0 Å². The van der Waals surface area contributed by atoms with Crippen LogP contribution in [-0.4, -0.2) is 19.7 Å². The predicted octanol–water partition coefficient (Wildman–Crippen LogP) is 3.92. The molecule has 0 spiro atoms. The van der Waals surface area contributed by atoms with Gasteiger partial charge in [0.25, 0.3) is 0 Å². The zero-order valence-corrected chi connectivity index (χ0v) is 12.6. The van der Waals surface area contributed by atoms with Gasteiger partial charge in [-0.1, -0.05) is 47.8 Å². The van der Waals surface area contributed by atoms with Gasteiger partial charge in [0.15, 0.2) is 0 Å². The number of hydrogen-bond donors (Lipinski definition) is 1. The molecule has 0 amide bonds. The normalized spacial score (nSPS) is 16.8. The Bertz CT molecular complexity index is 348. The molecule has 18 heavy (non-hydrogen) atoms. The molecular formula is C15H22BrNO. The molecule has 1 aromatic carbocycles. The Kier molecular flexibility index (Phi) is 5.67. The molecule has 2 rings (SSSR count). The van der Waals surface area contributed by atoms with Crippen LogP contribution in [0.15, 0.2) is 28.7 Å². The van der Waals surface area contributed by atoms with E-state index in [4.69, 9.17) is 4.74 Å². The number of benzene rings is 1. The number of nitrogens with one attached hydrogen (secondary N) is 1. The van der Waals surface area contributed by atoms with Crippen LogP contribution >= 0.6 is 15.9 Å². The fourth-order valence-electron chi connectivity index (χ4n) is 2.01. The second kappa shape index (κ2) is 7.27. The van der Waals surface area contributed by atoms with Crippen molar-refractivity contribution in [3.8, 4) is 0 Å². The van der Waals surface area contributed by atoms with Crippen molar-refractivity contribution >= 4 is 15.9 Å². The topological polar surface area (TPSA) is 21.3 Å². The monoisotopic (exact) mass is 311 g/mol. The Hall–Kier alpha value is -0.380. The standard InChI is InChI=1S/C15H22BrNO/c1-2-17-11-15(18-10-9-12-3-4-12)13-5-7-14(16)8-6-13/h5-8,12,15,17H,2-4,9-11H2,1H3. The van der Waals surface area contributed by atoms with Crippen molar-refractivity contribution in [2.75, 3.05) is 19.7 Å². The molecule has 100 valence electrons. The summed E-state index contributed by atoms with van der Waals surface area (Å²) in [6.07, 6.45) is 4.20. The zero-order valence-electron chi connectivity index (χ0n) is 11.0. The van der Waals surface area contributed by atoms with Gasteiger partial charge < -0.3 is 10.1 Å². The molecular weight excluding hydrogens is 290 g/mol. The summed E-state index contributed by atoms with van der Waals surface area (Å²) in [5.41, 5.74) is 1.26. The van der Waals surface area contributed by atoms with Crippen molar-refractivity contribution in [1.29, 1.82) is 0 Å². The van der Waals surface area contributed by atoms with E-state index >= 15 is 0 Å². The minimum atomic E-state index is 0.178.